The van der Waals surface area contributed by atoms with Crippen molar-refractivity contribution in [2.75, 3.05) is 4.90 Å². The lowest BCUT2D eigenvalue weighted by molar-refractivity contribution is -0.132. The number of fused-ring (bicyclic) bond motifs is 1. The molecule has 5 rings (SSSR count). The second-order valence-corrected chi connectivity index (χ2v) is 8.76. The van der Waals surface area contributed by atoms with Gasteiger partial charge >= 0.3 is 0 Å². The molecule has 6 nitrogen and oxygen atoms in total. The molecule has 1 amide bonds. The van der Waals surface area contributed by atoms with Crippen LogP contribution >= 0.6 is 0 Å². The molecule has 1 fully saturated rings. The highest BCUT2D eigenvalue weighted by Gasteiger charge is 2.47. The zero-order valence-corrected chi connectivity index (χ0v) is 18.7. The molecule has 2 aliphatic heterocycles. The van der Waals surface area contributed by atoms with Crippen LogP contribution < -0.4 is 9.64 Å². The Morgan fingerprint density at radius 1 is 1.09 bits per heavy atom. The van der Waals surface area contributed by atoms with E-state index < -0.39 is 17.7 Å². The summed E-state index contributed by atoms with van der Waals surface area (Å²) >= 11 is 0. The summed E-state index contributed by atoms with van der Waals surface area (Å²) in [6.07, 6.45) is 4.04. The van der Waals surface area contributed by atoms with Gasteiger partial charge in [0.25, 0.3) is 11.7 Å². The molecule has 3 heterocycles. The normalized spacial score (nSPS) is 21.2. The number of hydrogen-bond donors (Lipinski definition) is 1. The van der Waals surface area contributed by atoms with E-state index in [1.807, 2.05) is 51.1 Å². The van der Waals surface area contributed by atoms with Crippen molar-refractivity contribution in [3.05, 3.63) is 94.3 Å². The number of carbonyl (C=O) groups is 2. The summed E-state index contributed by atoms with van der Waals surface area (Å²) in [5, 5.41) is 11.3. The number of rotatable bonds is 3. The minimum Gasteiger partial charge on any atom is -0.507 e. The minimum atomic E-state index is -0.789. The number of aliphatic hydroxyl groups is 1. The molecule has 33 heavy (non-hydrogen) atoms. The second kappa shape index (κ2) is 7.89. The lowest BCUT2D eigenvalue weighted by atomic mass is 9.95. The molecule has 1 aromatic heterocycles. The van der Waals surface area contributed by atoms with Gasteiger partial charge < -0.3 is 9.84 Å². The molecule has 6 heteroatoms. The lowest BCUT2D eigenvalue weighted by Gasteiger charge is -2.26. The Balaban J connectivity index is 1.70. The van der Waals surface area contributed by atoms with Gasteiger partial charge in [0.2, 0.25) is 0 Å². The second-order valence-electron chi connectivity index (χ2n) is 8.76. The molecule has 0 aliphatic carbocycles. The Morgan fingerprint density at radius 2 is 1.85 bits per heavy atom. The maximum absolute atomic E-state index is 13.3. The van der Waals surface area contributed by atoms with Gasteiger partial charge in [0.15, 0.2) is 0 Å². The standard InChI is InChI=1S/C27H24N2O4/c1-15-9-16(2)11-21(10-15)29-24(19-5-4-8-28-14-19)23(26(31)27(29)32)25(30)18-6-7-22-20(13-18)12-17(3)33-22/h4-11,13-14,17,24,30H,12H2,1-3H3/b25-23-. The molecule has 0 spiro atoms. The number of amides is 1. The van der Waals surface area contributed by atoms with E-state index in [9.17, 15) is 14.7 Å². The number of hydrogen-bond acceptors (Lipinski definition) is 5. The van der Waals surface area contributed by atoms with Gasteiger partial charge in [0.05, 0.1) is 11.6 Å². The number of aromatic nitrogens is 1. The van der Waals surface area contributed by atoms with Crippen molar-refractivity contribution in [3.63, 3.8) is 0 Å². The fourth-order valence-corrected chi connectivity index (χ4v) is 4.77. The summed E-state index contributed by atoms with van der Waals surface area (Å²) in [4.78, 5) is 32.2. The van der Waals surface area contributed by atoms with E-state index in [-0.39, 0.29) is 17.4 Å². The molecule has 2 aromatic carbocycles. The Kier molecular flexibility index (Phi) is 5.01. The number of aryl methyl sites for hydroxylation is 2. The minimum absolute atomic E-state index is 0.0547. The van der Waals surface area contributed by atoms with Crippen LogP contribution in [0.15, 0.2) is 66.5 Å². The van der Waals surface area contributed by atoms with Gasteiger partial charge in [0.1, 0.15) is 17.6 Å². The first-order valence-corrected chi connectivity index (χ1v) is 10.9. The van der Waals surface area contributed by atoms with Gasteiger partial charge in [-0.2, -0.15) is 0 Å². The predicted octanol–water partition coefficient (Wildman–Crippen LogP) is 4.65. The molecule has 1 saturated heterocycles. The summed E-state index contributed by atoms with van der Waals surface area (Å²) in [5.74, 6) is -0.811. The fourth-order valence-electron chi connectivity index (χ4n) is 4.77. The van der Waals surface area contributed by atoms with Crippen LogP contribution in [0, 0.1) is 13.8 Å². The van der Waals surface area contributed by atoms with Gasteiger partial charge in [0, 0.05) is 30.1 Å². The first-order valence-electron chi connectivity index (χ1n) is 10.9. The summed E-state index contributed by atoms with van der Waals surface area (Å²) in [5.41, 5.74) is 4.72. The summed E-state index contributed by atoms with van der Waals surface area (Å²) in [7, 11) is 0. The molecule has 1 N–H and O–H groups in total. The topological polar surface area (TPSA) is 79.7 Å². The molecule has 2 aliphatic rings. The monoisotopic (exact) mass is 440 g/mol. The van der Waals surface area contributed by atoms with Crippen LogP contribution in [-0.2, 0) is 16.0 Å². The lowest BCUT2D eigenvalue weighted by Crippen LogP contribution is -2.29. The largest absolute Gasteiger partial charge is 0.507 e. The first kappa shape index (κ1) is 20.9. The molecule has 166 valence electrons. The van der Waals surface area contributed by atoms with Gasteiger partial charge in [-0.15, -0.1) is 0 Å². The maximum Gasteiger partial charge on any atom is 0.300 e. The van der Waals surface area contributed by atoms with E-state index in [0.717, 1.165) is 28.9 Å². The number of aliphatic hydroxyl groups excluding tert-OH is 1. The molecule has 2 atom stereocenters. The van der Waals surface area contributed by atoms with Gasteiger partial charge in [-0.1, -0.05) is 12.1 Å². The van der Waals surface area contributed by atoms with E-state index in [0.29, 0.717) is 16.8 Å². The van der Waals surface area contributed by atoms with E-state index >= 15 is 0 Å². The number of Topliss-reactive ketones (excluding diaryl/α,β-unsaturated/α-hetero) is 1. The highest BCUT2D eigenvalue weighted by atomic mass is 16.5. The third-order valence-corrected chi connectivity index (χ3v) is 6.10. The summed E-state index contributed by atoms with van der Waals surface area (Å²) in [6, 6.07) is 13.9. The van der Waals surface area contributed by atoms with Gasteiger partial charge in [-0.3, -0.25) is 19.5 Å². The average Bonchev–Trinajstić information content (AvgIpc) is 3.29. The Labute approximate surface area is 192 Å². The van der Waals surface area contributed by atoms with Crippen molar-refractivity contribution >= 4 is 23.1 Å². The highest BCUT2D eigenvalue weighted by Crippen LogP contribution is 2.43. The van der Waals surface area contributed by atoms with Crippen molar-refractivity contribution in [1.29, 1.82) is 0 Å². The number of pyridine rings is 1. The zero-order chi connectivity index (χ0) is 23.3. The molecule has 3 aromatic rings. The molecule has 0 bridgehead atoms. The van der Waals surface area contributed by atoms with Crippen molar-refractivity contribution in [2.24, 2.45) is 0 Å². The maximum atomic E-state index is 13.3. The number of benzene rings is 2. The molecule has 2 unspecified atom stereocenters. The molecular formula is C27H24N2O4. The van der Waals surface area contributed by atoms with Gasteiger partial charge in [-0.25, -0.2) is 0 Å². The van der Waals surface area contributed by atoms with Crippen LogP contribution in [0.2, 0.25) is 0 Å². The van der Waals surface area contributed by atoms with Crippen molar-refractivity contribution in [1.82, 2.24) is 4.98 Å². The Bertz CT molecular complexity index is 1290. The summed E-state index contributed by atoms with van der Waals surface area (Å²) < 4.78 is 5.76. The quantitative estimate of drug-likeness (QED) is 0.364. The van der Waals surface area contributed by atoms with Crippen LogP contribution in [-0.4, -0.2) is 27.9 Å². The SMILES string of the molecule is Cc1cc(C)cc(N2C(=O)C(=O)/C(=C(\O)c3ccc4c(c3)CC(C)O4)C2c2cccnc2)c1. The average molecular weight is 440 g/mol. The number of ether oxygens (including phenoxy) is 1. The van der Waals surface area contributed by atoms with Crippen LogP contribution in [0.4, 0.5) is 5.69 Å². The molecular weight excluding hydrogens is 416 g/mol. The summed E-state index contributed by atoms with van der Waals surface area (Å²) in [6.45, 7) is 5.87. The van der Waals surface area contributed by atoms with Crippen LogP contribution in [0.1, 0.15) is 40.8 Å². The number of carbonyl (C=O) groups excluding carboxylic acids is 2. The fraction of sp³-hybridized carbons (Fsp3) is 0.222. The zero-order valence-electron chi connectivity index (χ0n) is 18.7. The van der Waals surface area contributed by atoms with Crippen LogP contribution in [0.25, 0.3) is 5.76 Å². The van der Waals surface area contributed by atoms with E-state index in [2.05, 4.69) is 4.98 Å². The third-order valence-electron chi connectivity index (χ3n) is 6.10. The smallest absolute Gasteiger partial charge is 0.300 e. The van der Waals surface area contributed by atoms with Crippen LogP contribution in [0.5, 0.6) is 5.75 Å². The van der Waals surface area contributed by atoms with Crippen molar-refractivity contribution in [2.45, 2.75) is 39.3 Å². The first-order chi connectivity index (χ1) is 15.8. The number of nitrogens with zero attached hydrogens (tertiary/aromatic N) is 2. The third kappa shape index (κ3) is 3.57. The highest BCUT2D eigenvalue weighted by molar-refractivity contribution is 6.51. The Morgan fingerprint density at radius 3 is 2.55 bits per heavy atom. The van der Waals surface area contributed by atoms with Crippen LogP contribution in [0.3, 0.4) is 0 Å². The Hall–Kier alpha value is -3.93. The predicted molar refractivity (Wildman–Crippen MR) is 125 cm³/mol. The van der Waals surface area contributed by atoms with Crippen molar-refractivity contribution < 1.29 is 19.4 Å². The van der Waals surface area contributed by atoms with Gasteiger partial charge in [-0.05, 0) is 79.4 Å². The van der Waals surface area contributed by atoms with Crippen molar-refractivity contribution in [3.8, 4) is 5.75 Å². The number of ketones is 1. The van der Waals surface area contributed by atoms with E-state index in [1.165, 1.54) is 4.90 Å². The number of anilines is 1. The molecule has 0 saturated carbocycles. The molecule has 0 radical (unpaired) electrons. The van der Waals surface area contributed by atoms with E-state index in [4.69, 9.17) is 4.74 Å². The van der Waals surface area contributed by atoms with E-state index in [1.54, 1.807) is 30.6 Å².